The number of amides is 1. The minimum atomic E-state index is -0.885. The minimum Gasteiger partial charge on any atom is -0.506 e. The van der Waals surface area contributed by atoms with E-state index in [1.807, 2.05) is 24.3 Å². The summed E-state index contributed by atoms with van der Waals surface area (Å²) in [6.45, 7) is 2.00. The van der Waals surface area contributed by atoms with Crippen molar-refractivity contribution in [3.05, 3.63) is 83.7 Å². The predicted octanol–water partition coefficient (Wildman–Crippen LogP) is 4.72. The normalized spacial score (nSPS) is 19.2. The molecule has 3 aromatic rings. The van der Waals surface area contributed by atoms with Crippen molar-refractivity contribution in [2.24, 2.45) is 0 Å². The molecule has 2 aliphatic rings. The number of nitrogens with zero attached hydrogens (tertiary/aromatic N) is 3. The first-order chi connectivity index (χ1) is 18.0. The molecule has 1 N–H and O–H groups in total. The van der Waals surface area contributed by atoms with E-state index in [4.69, 9.17) is 9.47 Å². The molecule has 1 aromatic heterocycles. The molecule has 2 aliphatic heterocycles. The topological polar surface area (TPSA) is 92.2 Å². The van der Waals surface area contributed by atoms with E-state index in [-0.39, 0.29) is 16.9 Å². The van der Waals surface area contributed by atoms with Gasteiger partial charge in [0.15, 0.2) is 0 Å². The first-order valence-electron chi connectivity index (χ1n) is 12.3. The number of Topliss-reactive ketones (excluding diaryl/α,β-unsaturated/α-hetero) is 1. The average Bonchev–Trinajstić information content (AvgIpc) is 3.23. The van der Waals surface area contributed by atoms with Gasteiger partial charge >= 0.3 is 0 Å². The van der Waals surface area contributed by atoms with Crippen molar-refractivity contribution in [3.8, 4) is 11.5 Å². The summed E-state index contributed by atoms with van der Waals surface area (Å²) >= 11 is 0. The molecule has 0 spiro atoms. The molecule has 3 heterocycles. The zero-order valence-electron chi connectivity index (χ0n) is 20.9. The molecule has 0 radical (unpaired) electrons. The molecule has 2 fully saturated rings. The number of ether oxygens (including phenoxy) is 2. The van der Waals surface area contributed by atoms with Gasteiger partial charge in [0, 0.05) is 36.9 Å². The zero-order chi connectivity index (χ0) is 25.9. The minimum absolute atomic E-state index is 0.0547. The highest BCUT2D eigenvalue weighted by atomic mass is 16.5. The van der Waals surface area contributed by atoms with Crippen LogP contribution in [0.25, 0.3) is 5.76 Å². The first kappa shape index (κ1) is 24.4. The van der Waals surface area contributed by atoms with E-state index >= 15 is 0 Å². The monoisotopic (exact) mass is 499 g/mol. The number of piperidine rings is 1. The molecular weight excluding hydrogens is 470 g/mol. The van der Waals surface area contributed by atoms with Gasteiger partial charge in [0.1, 0.15) is 22.8 Å². The van der Waals surface area contributed by atoms with Crippen molar-refractivity contribution in [2.75, 3.05) is 37.1 Å². The molecular formula is C29H29N3O5. The van der Waals surface area contributed by atoms with Gasteiger partial charge in [0.2, 0.25) is 0 Å². The van der Waals surface area contributed by atoms with Crippen molar-refractivity contribution in [1.29, 1.82) is 0 Å². The number of hydrogen-bond donors (Lipinski definition) is 1. The Hall–Kier alpha value is -4.33. The number of benzene rings is 2. The van der Waals surface area contributed by atoms with Crippen LogP contribution in [0.1, 0.15) is 36.4 Å². The summed E-state index contributed by atoms with van der Waals surface area (Å²) in [5, 5.41) is 11.5. The van der Waals surface area contributed by atoms with Crippen molar-refractivity contribution >= 4 is 28.8 Å². The van der Waals surface area contributed by atoms with Crippen LogP contribution in [0.15, 0.2) is 72.6 Å². The average molecular weight is 500 g/mol. The van der Waals surface area contributed by atoms with Gasteiger partial charge in [0.05, 0.1) is 25.8 Å². The molecule has 5 rings (SSSR count). The summed E-state index contributed by atoms with van der Waals surface area (Å²) in [6, 6.07) is 15.3. The molecule has 2 aromatic carbocycles. The third kappa shape index (κ3) is 4.39. The largest absolute Gasteiger partial charge is 0.506 e. The van der Waals surface area contributed by atoms with E-state index < -0.39 is 17.7 Å². The smallest absolute Gasteiger partial charge is 0.300 e. The number of ketones is 1. The number of aromatic nitrogens is 1. The van der Waals surface area contributed by atoms with Crippen LogP contribution in [0.5, 0.6) is 11.5 Å². The van der Waals surface area contributed by atoms with Crippen LogP contribution in [-0.2, 0) is 9.59 Å². The molecule has 0 bridgehead atoms. The van der Waals surface area contributed by atoms with E-state index in [2.05, 4.69) is 9.88 Å². The van der Waals surface area contributed by atoms with Gasteiger partial charge in [-0.15, -0.1) is 0 Å². The van der Waals surface area contributed by atoms with Crippen molar-refractivity contribution in [2.45, 2.75) is 25.3 Å². The molecule has 1 atom stereocenters. The molecule has 0 aliphatic carbocycles. The van der Waals surface area contributed by atoms with Crippen LogP contribution in [0.4, 0.5) is 11.4 Å². The fourth-order valence-electron chi connectivity index (χ4n) is 5.15. The number of anilines is 2. The summed E-state index contributed by atoms with van der Waals surface area (Å²) in [4.78, 5) is 34.9. The second-order valence-corrected chi connectivity index (χ2v) is 9.06. The van der Waals surface area contributed by atoms with Gasteiger partial charge < -0.3 is 19.5 Å². The fraction of sp³-hybridized carbons (Fsp3) is 0.276. The van der Waals surface area contributed by atoms with Crippen molar-refractivity contribution in [1.82, 2.24) is 4.98 Å². The Balaban J connectivity index is 1.64. The van der Waals surface area contributed by atoms with Gasteiger partial charge in [-0.2, -0.15) is 0 Å². The van der Waals surface area contributed by atoms with E-state index in [9.17, 15) is 14.7 Å². The lowest BCUT2D eigenvalue weighted by Crippen LogP contribution is -2.30. The Labute approximate surface area is 215 Å². The highest BCUT2D eigenvalue weighted by Gasteiger charge is 2.47. The number of carbonyl (C=O) groups is 2. The lowest BCUT2D eigenvalue weighted by Gasteiger charge is -2.30. The van der Waals surface area contributed by atoms with Gasteiger partial charge in [-0.3, -0.25) is 19.5 Å². The standard InChI is InChI=1S/C29H29N3O5/c1-36-22-9-6-10-23(37-2)24(22)27(33)25-26(19-8-7-15-30-18-19)32(29(35)28(25)34)21-13-11-20(12-14-21)31-16-4-3-5-17-31/h6-15,18,26,33H,3-5,16-17H2,1-2H3/b27-25+. The number of aliphatic hydroxyl groups is 1. The van der Waals surface area contributed by atoms with Crippen molar-refractivity contribution in [3.63, 3.8) is 0 Å². The van der Waals surface area contributed by atoms with Crippen LogP contribution >= 0.6 is 0 Å². The Morgan fingerprint density at radius 3 is 2.14 bits per heavy atom. The van der Waals surface area contributed by atoms with E-state index in [1.54, 1.807) is 42.7 Å². The number of hydrogen-bond acceptors (Lipinski definition) is 7. The van der Waals surface area contributed by atoms with Crippen LogP contribution in [0, 0.1) is 0 Å². The third-order valence-corrected chi connectivity index (χ3v) is 6.96. The van der Waals surface area contributed by atoms with Gasteiger partial charge in [-0.25, -0.2) is 0 Å². The summed E-state index contributed by atoms with van der Waals surface area (Å²) in [5.74, 6) is -1.25. The highest BCUT2D eigenvalue weighted by molar-refractivity contribution is 6.51. The van der Waals surface area contributed by atoms with Crippen LogP contribution in [0.2, 0.25) is 0 Å². The second-order valence-electron chi connectivity index (χ2n) is 9.06. The molecule has 190 valence electrons. The van der Waals surface area contributed by atoms with Crippen LogP contribution < -0.4 is 19.3 Å². The molecule has 8 heteroatoms. The number of pyridine rings is 1. The van der Waals surface area contributed by atoms with Gasteiger partial charge in [-0.1, -0.05) is 12.1 Å². The highest BCUT2D eigenvalue weighted by Crippen LogP contribution is 2.45. The molecule has 8 nitrogen and oxygen atoms in total. The SMILES string of the molecule is COc1cccc(OC)c1/C(O)=C1\C(=O)C(=O)N(c2ccc(N3CCCCC3)cc2)C1c1cccnc1. The van der Waals surface area contributed by atoms with E-state index in [1.165, 1.54) is 25.5 Å². The Bertz CT molecular complexity index is 1310. The maximum absolute atomic E-state index is 13.5. The first-order valence-corrected chi connectivity index (χ1v) is 12.3. The van der Waals surface area contributed by atoms with Crippen molar-refractivity contribution < 1.29 is 24.2 Å². The number of carbonyl (C=O) groups excluding carboxylic acids is 2. The van der Waals surface area contributed by atoms with Gasteiger partial charge in [-0.05, 0) is 67.3 Å². The van der Waals surface area contributed by atoms with E-state index in [0.29, 0.717) is 22.7 Å². The maximum atomic E-state index is 13.5. The predicted molar refractivity (Wildman–Crippen MR) is 141 cm³/mol. The lowest BCUT2D eigenvalue weighted by molar-refractivity contribution is -0.132. The summed E-state index contributed by atoms with van der Waals surface area (Å²) in [5.41, 5.74) is 2.39. The van der Waals surface area contributed by atoms with Crippen LogP contribution in [0.3, 0.4) is 0 Å². The number of methoxy groups -OCH3 is 2. The number of rotatable bonds is 6. The quantitative estimate of drug-likeness (QED) is 0.298. The Morgan fingerprint density at radius 2 is 1.54 bits per heavy atom. The summed E-state index contributed by atoms with van der Waals surface area (Å²) in [6.07, 6.45) is 6.76. The second kappa shape index (κ2) is 10.3. The Morgan fingerprint density at radius 1 is 0.892 bits per heavy atom. The molecule has 37 heavy (non-hydrogen) atoms. The maximum Gasteiger partial charge on any atom is 0.300 e. The lowest BCUT2D eigenvalue weighted by atomic mass is 9.95. The molecule has 0 saturated carbocycles. The Kier molecular flexibility index (Phi) is 6.81. The molecule has 1 amide bonds. The van der Waals surface area contributed by atoms with Crippen LogP contribution in [-0.4, -0.2) is 49.1 Å². The van der Waals surface area contributed by atoms with Gasteiger partial charge in [0.25, 0.3) is 11.7 Å². The molecule has 1 unspecified atom stereocenters. The van der Waals surface area contributed by atoms with E-state index in [0.717, 1.165) is 31.6 Å². The number of aliphatic hydroxyl groups excluding tert-OH is 1. The zero-order valence-corrected chi connectivity index (χ0v) is 20.9. The summed E-state index contributed by atoms with van der Waals surface area (Å²) < 4.78 is 10.9. The fourth-order valence-corrected chi connectivity index (χ4v) is 5.15. The summed E-state index contributed by atoms with van der Waals surface area (Å²) in [7, 11) is 2.93. The molecule has 2 saturated heterocycles. The third-order valence-electron chi connectivity index (χ3n) is 6.96.